The maximum Gasteiger partial charge on any atom is 0.224 e. The van der Waals surface area contributed by atoms with E-state index in [1.54, 1.807) is 0 Å². The van der Waals surface area contributed by atoms with Crippen LogP contribution in [-0.4, -0.2) is 18.4 Å². The molecule has 0 aromatic heterocycles. The van der Waals surface area contributed by atoms with E-state index in [9.17, 15) is 9.59 Å². The Hall–Kier alpha value is -1.59. The van der Waals surface area contributed by atoms with Crippen molar-refractivity contribution in [3.63, 3.8) is 0 Å². The first-order chi connectivity index (χ1) is 9.15. The molecular weight excluding hydrogens is 278 g/mol. The van der Waals surface area contributed by atoms with Crippen LogP contribution in [0.3, 0.4) is 0 Å². The molecule has 0 saturated heterocycles. The van der Waals surface area contributed by atoms with E-state index >= 15 is 0 Å². The van der Waals surface area contributed by atoms with Crippen LogP contribution in [0.2, 0.25) is 0 Å². The molecule has 1 aromatic carbocycles. The number of nitrogens with one attached hydrogen (secondary N) is 2. The van der Waals surface area contributed by atoms with Crippen LogP contribution in [0.25, 0.3) is 0 Å². The van der Waals surface area contributed by atoms with Gasteiger partial charge in [0.05, 0.1) is 0 Å². The Morgan fingerprint density at radius 3 is 2.30 bits per heavy atom. The van der Waals surface area contributed by atoms with Gasteiger partial charge >= 0.3 is 0 Å². The van der Waals surface area contributed by atoms with Gasteiger partial charge in [0.1, 0.15) is 0 Å². The van der Waals surface area contributed by atoms with Gasteiger partial charge in [0.2, 0.25) is 11.8 Å². The number of carbonyl (C=O) groups excluding carboxylic acids is 2. The second-order valence-corrected chi connectivity index (χ2v) is 4.31. The summed E-state index contributed by atoms with van der Waals surface area (Å²) in [7, 11) is 0. The van der Waals surface area contributed by atoms with Crippen LogP contribution in [0, 0.1) is 0 Å². The molecule has 20 heavy (non-hydrogen) atoms. The fraction of sp³-hybridized carbons (Fsp3) is 0.429. The van der Waals surface area contributed by atoms with Gasteiger partial charge in [0, 0.05) is 31.6 Å². The highest BCUT2D eigenvalue weighted by molar-refractivity contribution is 5.90. The van der Waals surface area contributed by atoms with Crippen molar-refractivity contribution in [3.05, 3.63) is 29.8 Å². The number of anilines is 1. The second kappa shape index (κ2) is 10.2. The molecule has 0 unspecified atom stereocenters. The van der Waals surface area contributed by atoms with Gasteiger partial charge in [-0.25, -0.2) is 0 Å². The average molecular weight is 300 g/mol. The summed E-state index contributed by atoms with van der Waals surface area (Å²) in [4.78, 5) is 22.7. The Morgan fingerprint density at radius 1 is 1.10 bits per heavy atom. The van der Waals surface area contributed by atoms with Crippen LogP contribution >= 0.6 is 12.4 Å². The summed E-state index contributed by atoms with van der Waals surface area (Å²) < 4.78 is 0. The van der Waals surface area contributed by atoms with E-state index in [2.05, 4.69) is 10.6 Å². The molecule has 0 bridgehead atoms. The fourth-order valence-corrected chi connectivity index (χ4v) is 1.58. The predicted molar refractivity (Wildman–Crippen MR) is 82.7 cm³/mol. The number of benzene rings is 1. The van der Waals surface area contributed by atoms with Gasteiger partial charge in [0.15, 0.2) is 0 Å². The molecule has 0 saturated carbocycles. The molecule has 2 amide bonds. The third-order valence-corrected chi connectivity index (χ3v) is 2.58. The molecule has 0 spiro atoms. The molecule has 0 aliphatic rings. The number of nitrogens with two attached hydrogens (primary N) is 1. The van der Waals surface area contributed by atoms with E-state index in [4.69, 9.17) is 5.73 Å². The van der Waals surface area contributed by atoms with Crippen LogP contribution in [0.4, 0.5) is 5.69 Å². The van der Waals surface area contributed by atoms with Crippen LogP contribution in [0.5, 0.6) is 0 Å². The first-order valence-corrected chi connectivity index (χ1v) is 6.51. The highest BCUT2D eigenvalue weighted by Crippen LogP contribution is 2.10. The molecule has 0 fully saturated rings. The Labute approximate surface area is 125 Å². The van der Waals surface area contributed by atoms with E-state index in [1.165, 1.54) is 0 Å². The minimum absolute atomic E-state index is 0. The quantitative estimate of drug-likeness (QED) is 0.718. The van der Waals surface area contributed by atoms with Crippen LogP contribution in [0.15, 0.2) is 24.3 Å². The third-order valence-electron chi connectivity index (χ3n) is 2.58. The monoisotopic (exact) mass is 299 g/mol. The highest BCUT2D eigenvalue weighted by Gasteiger charge is 2.02. The minimum atomic E-state index is -0.0529. The SMILES string of the molecule is CCCC(=O)Nc1ccc(CNC(=O)CCN)cc1.Cl. The molecular formula is C14H22ClN3O2. The van der Waals surface area contributed by atoms with Gasteiger partial charge in [-0.1, -0.05) is 19.1 Å². The van der Waals surface area contributed by atoms with Crippen molar-refractivity contribution in [2.45, 2.75) is 32.7 Å². The lowest BCUT2D eigenvalue weighted by molar-refractivity contribution is -0.121. The van der Waals surface area contributed by atoms with Crippen molar-refractivity contribution in [1.82, 2.24) is 5.32 Å². The Kier molecular flexibility index (Phi) is 9.41. The smallest absolute Gasteiger partial charge is 0.224 e. The number of halogens is 1. The van der Waals surface area contributed by atoms with Crippen molar-refractivity contribution >= 4 is 29.9 Å². The molecule has 112 valence electrons. The molecule has 5 nitrogen and oxygen atoms in total. The molecule has 0 radical (unpaired) electrons. The molecule has 0 aliphatic carbocycles. The van der Waals surface area contributed by atoms with Crippen molar-refractivity contribution in [2.75, 3.05) is 11.9 Å². The lowest BCUT2D eigenvalue weighted by Crippen LogP contribution is -2.24. The molecule has 0 atom stereocenters. The number of rotatable bonds is 7. The molecule has 0 heterocycles. The zero-order valence-electron chi connectivity index (χ0n) is 11.6. The highest BCUT2D eigenvalue weighted by atomic mass is 35.5. The first kappa shape index (κ1) is 18.4. The van der Waals surface area contributed by atoms with Crippen molar-refractivity contribution in [3.8, 4) is 0 Å². The first-order valence-electron chi connectivity index (χ1n) is 6.51. The van der Waals surface area contributed by atoms with Crippen LogP contribution in [0.1, 0.15) is 31.7 Å². The summed E-state index contributed by atoms with van der Waals surface area (Å²) in [6.45, 7) is 2.79. The van der Waals surface area contributed by atoms with E-state index in [0.29, 0.717) is 25.9 Å². The summed E-state index contributed by atoms with van der Waals surface area (Å²) in [6, 6.07) is 7.42. The molecule has 1 rings (SSSR count). The van der Waals surface area contributed by atoms with E-state index in [0.717, 1.165) is 17.7 Å². The van der Waals surface area contributed by atoms with Crippen LogP contribution in [-0.2, 0) is 16.1 Å². The lowest BCUT2D eigenvalue weighted by Gasteiger charge is -2.07. The van der Waals surface area contributed by atoms with Crippen molar-refractivity contribution in [2.24, 2.45) is 5.73 Å². The normalized spacial score (nSPS) is 9.50. The standard InChI is InChI=1S/C14H21N3O2.ClH/c1-2-3-14(19)17-12-6-4-11(5-7-12)10-16-13(18)8-9-15;/h4-7H,2-3,8-10,15H2,1H3,(H,16,18)(H,17,19);1H. The lowest BCUT2D eigenvalue weighted by atomic mass is 10.2. The Morgan fingerprint density at radius 2 is 1.75 bits per heavy atom. The zero-order chi connectivity index (χ0) is 14.1. The van der Waals surface area contributed by atoms with Gasteiger partial charge in [0.25, 0.3) is 0 Å². The third kappa shape index (κ3) is 7.11. The fourth-order valence-electron chi connectivity index (χ4n) is 1.58. The number of amides is 2. The second-order valence-electron chi connectivity index (χ2n) is 4.31. The summed E-state index contributed by atoms with van der Waals surface area (Å²) in [5.41, 5.74) is 7.05. The van der Waals surface area contributed by atoms with Crippen molar-refractivity contribution < 1.29 is 9.59 Å². The zero-order valence-corrected chi connectivity index (χ0v) is 12.5. The molecule has 4 N–H and O–H groups in total. The number of carbonyl (C=O) groups is 2. The number of hydrogen-bond donors (Lipinski definition) is 3. The largest absolute Gasteiger partial charge is 0.352 e. The maximum atomic E-state index is 11.4. The van der Waals surface area contributed by atoms with E-state index < -0.39 is 0 Å². The maximum absolute atomic E-state index is 11.4. The van der Waals surface area contributed by atoms with Gasteiger partial charge in [-0.3, -0.25) is 9.59 Å². The van der Waals surface area contributed by atoms with Gasteiger partial charge < -0.3 is 16.4 Å². The van der Waals surface area contributed by atoms with Gasteiger partial charge in [-0.05, 0) is 24.1 Å². The number of hydrogen-bond acceptors (Lipinski definition) is 3. The summed E-state index contributed by atoms with van der Waals surface area (Å²) in [5.74, 6) is -0.0330. The Balaban J connectivity index is 0.00000361. The topological polar surface area (TPSA) is 84.2 Å². The Bertz CT molecular complexity index is 421. The summed E-state index contributed by atoms with van der Waals surface area (Å²) in [6.07, 6.45) is 1.69. The van der Waals surface area contributed by atoms with Crippen LogP contribution < -0.4 is 16.4 Å². The van der Waals surface area contributed by atoms with E-state index in [1.807, 2.05) is 31.2 Å². The molecule has 1 aromatic rings. The minimum Gasteiger partial charge on any atom is -0.352 e. The predicted octanol–water partition coefficient (Wildman–Crippen LogP) is 1.81. The van der Waals surface area contributed by atoms with Crippen molar-refractivity contribution in [1.29, 1.82) is 0 Å². The molecule has 6 heteroatoms. The summed E-state index contributed by atoms with van der Waals surface area (Å²) >= 11 is 0. The van der Waals surface area contributed by atoms with Gasteiger partial charge in [-0.15, -0.1) is 12.4 Å². The average Bonchev–Trinajstić information content (AvgIpc) is 2.38. The van der Waals surface area contributed by atoms with E-state index in [-0.39, 0.29) is 24.2 Å². The summed E-state index contributed by atoms with van der Waals surface area (Å²) in [5, 5.41) is 5.59. The molecule has 0 aliphatic heterocycles. The van der Waals surface area contributed by atoms with Gasteiger partial charge in [-0.2, -0.15) is 0 Å².